The van der Waals surface area contributed by atoms with E-state index in [9.17, 15) is 5.11 Å². The van der Waals surface area contributed by atoms with Crippen LogP contribution in [0.1, 0.15) is 25.0 Å². The van der Waals surface area contributed by atoms with Gasteiger partial charge in [-0.1, -0.05) is 50.2 Å². The van der Waals surface area contributed by atoms with Crippen molar-refractivity contribution in [2.75, 3.05) is 25.6 Å². The van der Waals surface area contributed by atoms with Crippen LogP contribution in [0.2, 0.25) is 0 Å². The van der Waals surface area contributed by atoms with Gasteiger partial charge in [0.05, 0.1) is 25.5 Å². The van der Waals surface area contributed by atoms with Crippen molar-refractivity contribution < 1.29 is 14.9 Å². The van der Waals surface area contributed by atoms with Gasteiger partial charge in [-0.05, 0) is 23.3 Å². The van der Waals surface area contributed by atoms with Crippen LogP contribution in [0, 0.1) is 0 Å². The highest BCUT2D eigenvalue weighted by atomic mass is 16.5. The molecule has 0 saturated carbocycles. The summed E-state index contributed by atoms with van der Waals surface area (Å²) in [5, 5.41) is 21.6. The van der Waals surface area contributed by atoms with Crippen LogP contribution >= 0.6 is 0 Å². The lowest BCUT2D eigenvalue weighted by molar-refractivity contribution is 0.105. The summed E-state index contributed by atoms with van der Waals surface area (Å²) >= 11 is 0. The highest BCUT2D eigenvalue weighted by Gasteiger charge is 2.24. The average molecular weight is 315 g/mol. The van der Waals surface area contributed by atoms with Crippen molar-refractivity contribution in [1.82, 2.24) is 0 Å². The van der Waals surface area contributed by atoms with E-state index < -0.39 is 6.10 Å². The van der Waals surface area contributed by atoms with Crippen LogP contribution in [-0.4, -0.2) is 36.6 Å². The second-order valence-corrected chi connectivity index (χ2v) is 6.12. The zero-order valence-electron chi connectivity index (χ0n) is 13.9. The minimum Gasteiger partial charge on any atom is -0.495 e. The van der Waals surface area contributed by atoms with Gasteiger partial charge in [0.15, 0.2) is 0 Å². The van der Waals surface area contributed by atoms with E-state index in [1.807, 2.05) is 30.3 Å². The molecule has 0 heterocycles. The first-order chi connectivity index (χ1) is 11.0. The van der Waals surface area contributed by atoms with Gasteiger partial charge in [-0.2, -0.15) is 0 Å². The van der Waals surface area contributed by atoms with E-state index >= 15 is 0 Å². The number of hydrogen-bond acceptors (Lipinski definition) is 4. The lowest BCUT2D eigenvalue weighted by Crippen LogP contribution is -2.24. The number of rotatable bonds is 7. The molecule has 0 aromatic heterocycles. The van der Waals surface area contributed by atoms with E-state index in [1.54, 1.807) is 7.11 Å². The Labute approximate surface area is 137 Å². The molecule has 2 rings (SSSR count). The van der Waals surface area contributed by atoms with Gasteiger partial charge >= 0.3 is 0 Å². The van der Waals surface area contributed by atoms with Crippen LogP contribution in [0.5, 0.6) is 5.75 Å². The smallest absolute Gasteiger partial charge is 0.141 e. The molecule has 0 amide bonds. The SMILES string of the molecule is COc1ccc(C(C)(C)c2ccccc2)cc1NCC(O)CO. The van der Waals surface area contributed by atoms with Crippen molar-refractivity contribution in [1.29, 1.82) is 0 Å². The fraction of sp³-hybridized carbons (Fsp3) is 0.368. The molecule has 23 heavy (non-hydrogen) atoms. The molecule has 1 atom stereocenters. The molecule has 2 aromatic rings. The zero-order chi connectivity index (χ0) is 16.9. The first kappa shape index (κ1) is 17.3. The monoisotopic (exact) mass is 315 g/mol. The number of nitrogens with one attached hydrogen (secondary N) is 1. The minimum atomic E-state index is -0.800. The summed E-state index contributed by atoms with van der Waals surface area (Å²) < 4.78 is 5.38. The molecule has 0 saturated heterocycles. The second-order valence-electron chi connectivity index (χ2n) is 6.12. The molecule has 0 bridgehead atoms. The van der Waals surface area contributed by atoms with Crippen molar-refractivity contribution in [3.63, 3.8) is 0 Å². The molecule has 124 valence electrons. The van der Waals surface area contributed by atoms with Crippen LogP contribution in [0.25, 0.3) is 0 Å². The molecule has 0 aliphatic heterocycles. The summed E-state index contributed by atoms with van der Waals surface area (Å²) in [6.45, 7) is 4.35. The van der Waals surface area contributed by atoms with Crippen molar-refractivity contribution in [2.45, 2.75) is 25.4 Å². The Hall–Kier alpha value is -2.04. The fourth-order valence-corrected chi connectivity index (χ4v) is 2.55. The summed E-state index contributed by atoms with van der Waals surface area (Å²) in [6, 6.07) is 16.3. The molecule has 4 nitrogen and oxygen atoms in total. The molecular formula is C19H25NO3. The van der Waals surface area contributed by atoms with Crippen molar-refractivity contribution in [3.05, 3.63) is 59.7 Å². The predicted molar refractivity (Wildman–Crippen MR) is 93.1 cm³/mol. The van der Waals surface area contributed by atoms with Gasteiger partial charge in [0.25, 0.3) is 0 Å². The predicted octanol–water partition coefficient (Wildman–Crippen LogP) is 2.79. The van der Waals surface area contributed by atoms with Gasteiger partial charge in [-0.25, -0.2) is 0 Å². The largest absolute Gasteiger partial charge is 0.495 e. The highest BCUT2D eigenvalue weighted by molar-refractivity contribution is 5.60. The minimum absolute atomic E-state index is 0.153. The van der Waals surface area contributed by atoms with Gasteiger partial charge in [0, 0.05) is 12.0 Å². The summed E-state index contributed by atoms with van der Waals surface area (Å²) in [4.78, 5) is 0. The molecule has 4 heteroatoms. The van der Waals surface area contributed by atoms with Crippen LogP contribution in [0.3, 0.4) is 0 Å². The van der Waals surface area contributed by atoms with Gasteiger partial charge < -0.3 is 20.3 Å². The third-order valence-corrected chi connectivity index (χ3v) is 4.16. The van der Waals surface area contributed by atoms with Crippen LogP contribution in [0.4, 0.5) is 5.69 Å². The number of anilines is 1. The van der Waals surface area contributed by atoms with Crippen molar-refractivity contribution in [2.24, 2.45) is 0 Å². The number of aliphatic hydroxyl groups excluding tert-OH is 2. The fourth-order valence-electron chi connectivity index (χ4n) is 2.55. The van der Waals surface area contributed by atoms with Crippen LogP contribution < -0.4 is 10.1 Å². The average Bonchev–Trinajstić information content (AvgIpc) is 2.60. The van der Waals surface area contributed by atoms with E-state index in [0.29, 0.717) is 5.75 Å². The second kappa shape index (κ2) is 7.49. The maximum Gasteiger partial charge on any atom is 0.141 e. The van der Waals surface area contributed by atoms with Gasteiger partial charge in [0.1, 0.15) is 5.75 Å². The van der Waals surface area contributed by atoms with Crippen molar-refractivity contribution >= 4 is 5.69 Å². The van der Waals surface area contributed by atoms with Gasteiger partial charge in [-0.3, -0.25) is 0 Å². The first-order valence-electron chi connectivity index (χ1n) is 7.76. The third-order valence-electron chi connectivity index (χ3n) is 4.16. The number of ether oxygens (including phenoxy) is 1. The molecule has 0 fully saturated rings. The number of benzene rings is 2. The maximum atomic E-state index is 9.54. The first-order valence-corrected chi connectivity index (χ1v) is 7.76. The van der Waals surface area contributed by atoms with E-state index in [1.165, 1.54) is 5.56 Å². The molecule has 0 radical (unpaired) electrons. The standard InChI is InChI=1S/C19H25NO3/c1-19(2,14-7-5-4-6-8-14)15-9-10-18(23-3)17(11-15)20-12-16(22)13-21/h4-11,16,20-22H,12-13H2,1-3H3. The molecule has 3 N–H and O–H groups in total. The number of methoxy groups -OCH3 is 1. The van der Waals surface area contributed by atoms with Gasteiger partial charge in [-0.15, -0.1) is 0 Å². The van der Waals surface area contributed by atoms with Crippen LogP contribution in [-0.2, 0) is 5.41 Å². The third kappa shape index (κ3) is 4.03. The quantitative estimate of drug-likeness (QED) is 0.735. The molecular weight excluding hydrogens is 290 g/mol. The normalized spacial score (nSPS) is 12.7. The number of aliphatic hydroxyl groups is 2. The van der Waals surface area contributed by atoms with E-state index in [0.717, 1.165) is 11.3 Å². The van der Waals surface area contributed by atoms with E-state index in [-0.39, 0.29) is 18.6 Å². The Morgan fingerprint density at radius 2 is 1.78 bits per heavy atom. The topological polar surface area (TPSA) is 61.7 Å². The molecule has 2 aromatic carbocycles. The summed E-state index contributed by atoms with van der Waals surface area (Å²) in [5.41, 5.74) is 3.03. The van der Waals surface area contributed by atoms with E-state index in [4.69, 9.17) is 9.84 Å². The lowest BCUT2D eigenvalue weighted by atomic mass is 9.78. The van der Waals surface area contributed by atoms with E-state index in [2.05, 4.69) is 37.4 Å². The number of hydrogen-bond donors (Lipinski definition) is 3. The molecule has 0 aliphatic carbocycles. The van der Waals surface area contributed by atoms with Crippen LogP contribution in [0.15, 0.2) is 48.5 Å². The van der Waals surface area contributed by atoms with Gasteiger partial charge in [0.2, 0.25) is 0 Å². The molecule has 0 spiro atoms. The Morgan fingerprint density at radius 1 is 1.09 bits per heavy atom. The summed E-state index contributed by atoms with van der Waals surface area (Å²) in [7, 11) is 1.62. The highest BCUT2D eigenvalue weighted by Crippen LogP contribution is 2.35. The summed E-state index contributed by atoms with van der Waals surface area (Å²) in [6.07, 6.45) is -0.800. The van der Waals surface area contributed by atoms with Crippen molar-refractivity contribution in [3.8, 4) is 5.75 Å². The molecule has 1 unspecified atom stereocenters. The maximum absolute atomic E-state index is 9.54. The Kier molecular flexibility index (Phi) is 5.64. The lowest BCUT2D eigenvalue weighted by Gasteiger charge is -2.27. The molecule has 0 aliphatic rings. The Balaban J connectivity index is 2.33. The summed E-state index contributed by atoms with van der Waals surface area (Å²) in [5.74, 6) is 0.711. The Morgan fingerprint density at radius 3 is 2.39 bits per heavy atom. The zero-order valence-corrected chi connectivity index (χ0v) is 13.9. The Bertz CT molecular complexity index is 626.